The summed E-state index contributed by atoms with van der Waals surface area (Å²) in [5, 5.41) is 14.2. The molecule has 1 heterocycles. The molecule has 1 aliphatic heterocycles. The third kappa shape index (κ3) is 4.59. The highest BCUT2D eigenvalue weighted by atomic mass is 16.6. The van der Waals surface area contributed by atoms with Crippen molar-refractivity contribution < 1.29 is 19.2 Å². The van der Waals surface area contributed by atoms with Gasteiger partial charge in [-0.25, -0.2) is 0 Å². The number of ether oxygens (including phenoxy) is 1. The summed E-state index contributed by atoms with van der Waals surface area (Å²) in [6.45, 7) is 9.77. The first-order valence-corrected chi connectivity index (χ1v) is 10.8. The monoisotopic (exact) mass is 439 g/mol. The third-order valence-electron chi connectivity index (χ3n) is 5.56. The molecule has 0 spiro atoms. The molecule has 8 nitrogen and oxygen atoms in total. The van der Waals surface area contributed by atoms with Crippen LogP contribution >= 0.6 is 0 Å². The van der Waals surface area contributed by atoms with Gasteiger partial charge in [0.05, 0.1) is 10.6 Å². The molecule has 0 saturated heterocycles. The van der Waals surface area contributed by atoms with Crippen molar-refractivity contribution in [2.45, 2.75) is 59.0 Å². The summed E-state index contributed by atoms with van der Waals surface area (Å²) in [6, 6.07) is 10.0. The number of amides is 2. The Kier molecular flexibility index (Phi) is 6.81. The van der Waals surface area contributed by atoms with Gasteiger partial charge in [-0.05, 0) is 35.4 Å². The fraction of sp³-hybridized carbons (Fsp3) is 0.417. The maximum Gasteiger partial charge on any atom is 0.271 e. The molecule has 0 bridgehead atoms. The molecule has 0 aromatic heterocycles. The predicted molar refractivity (Wildman–Crippen MR) is 123 cm³/mol. The van der Waals surface area contributed by atoms with Gasteiger partial charge < -0.3 is 10.1 Å². The Morgan fingerprint density at radius 2 is 1.78 bits per heavy atom. The second-order valence-corrected chi connectivity index (χ2v) is 8.52. The lowest BCUT2D eigenvalue weighted by Gasteiger charge is -2.33. The number of hydrogen-bond acceptors (Lipinski definition) is 5. The minimum Gasteiger partial charge on any atom is -0.478 e. The van der Waals surface area contributed by atoms with E-state index in [1.54, 1.807) is 0 Å². The minimum atomic E-state index is -0.745. The Bertz CT molecular complexity index is 1020. The van der Waals surface area contributed by atoms with E-state index < -0.39 is 16.9 Å². The van der Waals surface area contributed by atoms with E-state index in [4.69, 9.17) is 4.74 Å². The summed E-state index contributed by atoms with van der Waals surface area (Å²) in [7, 11) is 0. The largest absolute Gasteiger partial charge is 0.478 e. The van der Waals surface area contributed by atoms with Crippen molar-refractivity contribution in [3.63, 3.8) is 0 Å². The molecule has 2 aromatic rings. The standard InChI is InChI=1S/C24H29N3O5/c1-6-20-24(29)26(19-12-16(27(30)31)10-11-21(19)32-20)13-22(28)25-23-17(14(2)3)8-7-9-18(23)15(4)5/h7-12,14-15,20H,6,13H2,1-5H3,(H,25,28). The van der Waals surface area contributed by atoms with Crippen LogP contribution in [0.3, 0.4) is 0 Å². The van der Waals surface area contributed by atoms with Crippen LogP contribution in [0.15, 0.2) is 36.4 Å². The number of benzene rings is 2. The van der Waals surface area contributed by atoms with Crippen LogP contribution in [-0.2, 0) is 9.59 Å². The SMILES string of the molecule is CCC1Oc2ccc([N+](=O)[O-])cc2N(CC(=O)Nc2c(C(C)C)cccc2C(C)C)C1=O. The lowest BCUT2D eigenvalue weighted by molar-refractivity contribution is -0.384. The van der Waals surface area contributed by atoms with E-state index in [9.17, 15) is 19.7 Å². The van der Waals surface area contributed by atoms with Crippen LogP contribution in [0.5, 0.6) is 5.75 Å². The second kappa shape index (κ2) is 9.38. The molecule has 0 aliphatic carbocycles. The molecule has 1 unspecified atom stereocenters. The second-order valence-electron chi connectivity index (χ2n) is 8.52. The van der Waals surface area contributed by atoms with Crippen LogP contribution < -0.4 is 15.0 Å². The number of para-hydroxylation sites is 1. The van der Waals surface area contributed by atoms with E-state index in [2.05, 4.69) is 33.0 Å². The third-order valence-corrected chi connectivity index (χ3v) is 5.56. The van der Waals surface area contributed by atoms with Crippen LogP contribution in [0, 0.1) is 10.1 Å². The van der Waals surface area contributed by atoms with Crippen molar-refractivity contribution in [2.24, 2.45) is 0 Å². The van der Waals surface area contributed by atoms with Gasteiger partial charge in [-0.15, -0.1) is 0 Å². The first-order chi connectivity index (χ1) is 15.1. The van der Waals surface area contributed by atoms with Crippen molar-refractivity contribution in [1.82, 2.24) is 0 Å². The highest BCUT2D eigenvalue weighted by Crippen LogP contribution is 2.38. The van der Waals surface area contributed by atoms with Gasteiger partial charge in [-0.3, -0.25) is 24.6 Å². The summed E-state index contributed by atoms with van der Waals surface area (Å²) < 4.78 is 5.71. The number of anilines is 2. The summed E-state index contributed by atoms with van der Waals surface area (Å²) >= 11 is 0. The Morgan fingerprint density at radius 3 is 2.31 bits per heavy atom. The first kappa shape index (κ1) is 23.2. The Labute approximate surface area is 187 Å². The lowest BCUT2D eigenvalue weighted by atomic mass is 9.92. The average Bonchev–Trinajstić information content (AvgIpc) is 2.74. The fourth-order valence-corrected chi connectivity index (χ4v) is 3.87. The molecule has 0 radical (unpaired) electrons. The number of carbonyl (C=O) groups excluding carboxylic acids is 2. The van der Waals surface area contributed by atoms with Gasteiger partial charge in [-0.2, -0.15) is 0 Å². The van der Waals surface area contributed by atoms with E-state index in [1.807, 2.05) is 25.1 Å². The van der Waals surface area contributed by atoms with Crippen molar-refractivity contribution in [3.8, 4) is 5.75 Å². The zero-order valence-corrected chi connectivity index (χ0v) is 19.0. The van der Waals surface area contributed by atoms with Gasteiger partial charge in [0, 0.05) is 17.8 Å². The molecule has 8 heteroatoms. The summed E-state index contributed by atoms with van der Waals surface area (Å²) in [6.07, 6.45) is -0.327. The van der Waals surface area contributed by atoms with Crippen molar-refractivity contribution in [1.29, 1.82) is 0 Å². The maximum absolute atomic E-state index is 13.1. The lowest BCUT2D eigenvalue weighted by Crippen LogP contribution is -2.48. The van der Waals surface area contributed by atoms with E-state index in [0.29, 0.717) is 12.2 Å². The molecule has 0 fully saturated rings. The molecule has 3 rings (SSSR count). The quantitative estimate of drug-likeness (QED) is 0.484. The number of fused-ring (bicyclic) bond motifs is 1. The Balaban J connectivity index is 1.95. The minimum absolute atomic E-state index is 0.173. The normalized spacial score (nSPS) is 15.5. The molecule has 32 heavy (non-hydrogen) atoms. The summed E-state index contributed by atoms with van der Waals surface area (Å²) in [4.78, 5) is 38.1. The molecular weight excluding hydrogens is 410 g/mol. The number of hydrogen-bond donors (Lipinski definition) is 1. The van der Waals surface area contributed by atoms with Crippen LogP contribution in [0.25, 0.3) is 0 Å². The molecule has 1 N–H and O–H groups in total. The number of nitro benzene ring substituents is 1. The topological polar surface area (TPSA) is 102 Å². The van der Waals surface area contributed by atoms with Gasteiger partial charge in [0.2, 0.25) is 5.91 Å². The molecular formula is C24H29N3O5. The van der Waals surface area contributed by atoms with Gasteiger partial charge in [0.15, 0.2) is 6.10 Å². The highest BCUT2D eigenvalue weighted by Gasteiger charge is 2.35. The van der Waals surface area contributed by atoms with Crippen molar-refractivity contribution in [3.05, 3.63) is 57.6 Å². The van der Waals surface area contributed by atoms with Crippen LogP contribution in [0.4, 0.5) is 17.1 Å². The smallest absolute Gasteiger partial charge is 0.271 e. The molecule has 1 atom stereocenters. The average molecular weight is 440 g/mol. The molecule has 2 amide bonds. The Hall–Kier alpha value is -3.42. The zero-order chi connectivity index (χ0) is 23.6. The number of nitro groups is 1. The zero-order valence-electron chi connectivity index (χ0n) is 19.0. The fourth-order valence-electron chi connectivity index (χ4n) is 3.87. The molecule has 1 aliphatic rings. The van der Waals surface area contributed by atoms with Crippen LogP contribution in [0.2, 0.25) is 0 Å². The van der Waals surface area contributed by atoms with Gasteiger partial charge in [-0.1, -0.05) is 52.8 Å². The first-order valence-electron chi connectivity index (χ1n) is 10.8. The molecule has 170 valence electrons. The molecule has 2 aromatic carbocycles. The highest BCUT2D eigenvalue weighted by molar-refractivity contribution is 6.06. The maximum atomic E-state index is 13.1. The van der Waals surface area contributed by atoms with Crippen LogP contribution in [0.1, 0.15) is 64.0 Å². The molecule has 0 saturated carbocycles. The van der Waals surface area contributed by atoms with E-state index in [-0.39, 0.29) is 35.7 Å². The van der Waals surface area contributed by atoms with Gasteiger partial charge in [0.1, 0.15) is 12.3 Å². The Morgan fingerprint density at radius 1 is 1.16 bits per heavy atom. The van der Waals surface area contributed by atoms with Crippen molar-refractivity contribution in [2.75, 3.05) is 16.8 Å². The van der Waals surface area contributed by atoms with E-state index >= 15 is 0 Å². The number of carbonyl (C=O) groups is 2. The number of nitrogens with one attached hydrogen (secondary N) is 1. The summed E-state index contributed by atoms with van der Waals surface area (Å²) in [5.74, 6) is -0.0246. The van der Waals surface area contributed by atoms with Gasteiger partial charge >= 0.3 is 0 Å². The van der Waals surface area contributed by atoms with E-state index in [0.717, 1.165) is 16.8 Å². The van der Waals surface area contributed by atoms with Crippen molar-refractivity contribution >= 4 is 28.9 Å². The van der Waals surface area contributed by atoms with Crippen LogP contribution in [-0.4, -0.2) is 29.4 Å². The number of non-ortho nitro benzene ring substituents is 1. The number of nitrogens with zero attached hydrogens (tertiary/aromatic N) is 2. The predicted octanol–water partition coefficient (Wildman–Crippen LogP) is 4.98. The summed E-state index contributed by atoms with van der Waals surface area (Å²) in [5.41, 5.74) is 2.84. The number of rotatable bonds is 7. The van der Waals surface area contributed by atoms with E-state index in [1.165, 1.54) is 23.1 Å². The van der Waals surface area contributed by atoms with Gasteiger partial charge in [0.25, 0.3) is 11.6 Å².